The highest BCUT2D eigenvalue weighted by Gasteiger charge is 2.34. The predicted molar refractivity (Wildman–Crippen MR) is 133 cm³/mol. The first-order valence-corrected chi connectivity index (χ1v) is 11.6. The van der Waals surface area contributed by atoms with E-state index in [9.17, 15) is 9.59 Å². The molecule has 0 spiro atoms. The molecule has 0 atom stereocenters. The minimum Gasteiger partial charge on any atom is -0.417 e. The van der Waals surface area contributed by atoms with Gasteiger partial charge in [0.15, 0.2) is 16.4 Å². The van der Waals surface area contributed by atoms with Gasteiger partial charge in [0.1, 0.15) is 5.01 Å². The van der Waals surface area contributed by atoms with Crippen LogP contribution >= 0.6 is 11.3 Å². The fourth-order valence-corrected chi connectivity index (χ4v) is 5.30. The molecule has 5 nitrogen and oxygen atoms in total. The standard InChI is InChI=1S/C28H14N2O3S/c31-24-20-12-17-7-3-4-8-18(17)13-21(20)25(32)22(24)14-23-29-28-26(33-23)30-27(34-28)19-10-9-15-5-1-2-6-16(15)11-19/h1-14H. The molecule has 0 unspecified atom stereocenters. The summed E-state index contributed by atoms with van der Waals surface area (Å²) in [5.41, 5.74) is 2.27. The highest BCUT2D eigenvalue weighted by molar-refractivity contribution is 7.21. The molecule has 6 aromatic rings. The minimum atomic E-state index is -0.308. The summed E-state index contributed by atoms with van der Waals surface area (Å²) >= 11 is 1.41. The zero-order valence-electron chi connectivity index (χ0n) is 17.6. The number of fused-ring (bicyclic) bond motifs is 4. The van der Waals surface area contributed by atoms with Crippen LogP contribution in [-0.4, -0.2) is 21.5 Å². The lowest BCUT2D eigenvalue weighted by Crippen LogP contribution is -2.00. The molecule has 1 aliphatic rings. The molecule has 6 heteroatoms. The number of nitrogens with zero attached hydrogens (tertiary/aromatic N) is 2. The van der Waals surface area contributed by atoms with Crippen LogP contribution in [0, 0.1) is 0 Å². The van der Waals surface area contributed by atoms with Gasteiger partial charge >= 0.3 is 0 Å². The number of Topliss-reactive ketones (excluding diaryl/α,β-unsaturated/α-hetero) is 2. The van der Waals surface area contributed by atoms with Gasteiger partial charge in [0.25, 0.3) is 5.71 Å². The van der Waals surface area contributed by atoms with Crippen molar-refractivity contribution in [1.82, 2.24) is 9.97 Å². The molecule has 0 radical (unpaired) electrons. The summed E-state index contributed by atoms with van der Waals surface area (Å²) in [5.74, 6) is -0.415. The number of carbonyl (C=O) groups excluding carboxylic acids is 2. The van der Waals surface area contributed by atoms with Crippen LogP contribution < -0.4 is 0 Å². The quantitative estimate of drug-likeness (QED) is 0.213. The molecule has 0 N–H and O–H groups in total. The molecule has 0 saturated heterocycles. The minimum absolute atomic E-state index is 0.0639. The second kappa shape index (κ2) is 7.04. The fourth-order valence-electron chi connectivity index (χ4n) is 4.43. The van der Waals surface area contributed by atoms with Crippen LogP contribution in [0.1, 0.15) is 26.6 Å². The summed E-state index contributed by atoms with van der Waals surface area (Å²) in [6.07, 6.45) is 1.43. The van der Waals surface area contributed by atoms with E-state index in [0.29, 0.717) is 21.7 Å². The Morgan fingerprint density at radius 3 is 1.97 bits per heavy atom. The van der Waals surface area contributed by atoms with E-state index in [1.165, 1.54) is 22.8 Å². The van der Waals surface area contributed by atoms with Crippen molar-refractivity contribution in [2.75, 3.05) is 0 Å². The van der Waals surface area contributed by atoms with E-state index in [1.54, 1.807) is 12.1 Å². The summed E-state index contributed by atoms with van der Waals surface area (Å²) < 4.78 is 5.80. The molecular formula is C28H14N2O3S. The van der Waals surface area contributed by atoms with Crippen LogP contribution in [0.25, 0.3) is 48.7 Å². The Bertz CT molecular complexity index is 1770. The SMILES string of the molecule is O=C1C(=Cc2nc3sc(-c4ccc5ccccc5c4)nc3o2)C(=O)c2cc3ccccc3cc21. The molecule has 7 rings (SSSR count). The fraction of sp³-hybridized carbons (Fsp3) is 0. The Hall–Kier alpha value is -4.42. The Labute approximate surface area is 197 Å². The van der Waals surface area contributed by atoms with Gasteiger partial charge in [-0.25, -0.2) is 0 Å². The van der Waals surface area contributed by atoms with E-state index >= 15 is 0 Å². The Morgan fingerprint density at radius 1 is 0.706 bits per heavy atom. The largest absolute Gasteiger partial charge is 0.417 e. The molecule has 0 fully saturated rings. The molecule has 2 aromatic heterocycles. The summed E-state index contributed by atoms with van der Waals surface area (Å²) in [4.78, 5) is 35.7. The number of oxazole rings is 1. The van der Waals surface area contributed by atoms with Gasteiger partial charge in [0.05, 0.1) is 5.57 Å². The number of benzene rings is 4. The zero-order chi connectivity index (χ0) is 22.8. The van der Waals surface area contributed by atoms with Crippen LogP contribution in [0.2, 0.25) is 0 Å². The van der Waals surface area contributed by atoms with Crippen molar-refractivity contribution in [3.8, 4) is 10.6 Å². The summed E-state index contributed by atoms with van der Waals surface area (Å²) in [6, 6.07) is 25.6. The number of ketones is 2. The topological polar surface area (TPSA) is 73.1 Å². The molecule has 1 aliphatic carbocycles. The van der Waals surface area contributed by atoms with Gasteiger partial charge in [-0.3, -0.25) is 9.59 Å². The van der Waals surface area contributed by atoms with Crippen LogP contribution in [0.15, 0.2) is 88.9 Å². The highest BCUT2D eigenvalue weighted by Crippen LogP contribution is 2.34. The molecule has 0 saturated carbocycles. The van der Waals surface area contributed by atoms with Gasteiger partial charge in [-0.1, -0.05) is 72.0 Å². The maximum atomic E-state index is 13.0. The third-order valence-corrected chi connectivity index (χ3v) is 7.10. The number of rotatable bonds is 2. The summed E-state index contributed by atoms with van der Waals surface area (Å²) in [6.45, 7) is 0. The average molecular weight is 458 g/mol. The first kappa shape index (κ1) is 19.1. The van der Waals surface area contributed by atoms with E-state index in [0.717, 1.165) is 26.7 Å². The van der Waals surface area contributed by atoms with E-state index < -0.39 is 0 Å². The molecular weight excluding hydrogens is 444 g/mol. The predicted octanol–water partition coefficient (Wildman–Crippen LogP) is 6.72. The van der Waals surface area contributed by atoms with E-state index in [2.05, 4.69) is 34.2 Å². The molecule has 34 heavy (non-hydrogen) atoms. The summed E-state index contributed by atoms with van der Waals surface area (Å²) in [7, 11) is 0. The van der Waals surface area contributed by atoms with Gasteiger partial charge in [-0.2, -0.15) is 9.97 Å². The van der Waals surface area contributed by atoms with Crippen LogP contribution in [0.3, 0.4) is 0 Å². The van der Waals surface area contributed by atoms with Crippen molar-refractivity contribution in [2.24, 2.45) is 0 Å². The Morgan fingerprint density at radius 2 is 1.32 bits per heavy atom. The van der Waals surface area contributed by atoms with Gasteiger partial charge in [0, 0.05) is 22.8 Å². The molecule has 2 heterocycles. The third-order valence-electron chi connectivity index (χ3n) is 6.12. The second-order valence-corrected chi connectivity index (χ2v) is 9.18. The van der Waals surface area contributed by atoms with Crippen LogP contribution in [0.5, 0.6) is 0 Å². The second-order valence-electron chi connectivity index (χ2n) is 8.20. The van der Waals surface area contributed by atoms with Crippen molar-refractivity contribution < 1.29 is 14.0 Å². The lowest BCUT2D eigenvalue weighted by Gasteiger charge is -2.00. The average Bonchev–Trinajstić information content (AvgIpc) is 3.50. The Kier molecular flexibility index (Phi) is 3.95. The molecule has 0 amide bonds. The van der Waals surface area contributed by atoms with Crippen molar-refractivity contribution >= 4 is 61.1 Å². The number of aromatic nitrogens is 2. The number of allylic oxidation sites excluding steroid dienone is 1. The number of hydrogen-bond acceptors (Lipinski definition) is 6. The zero-order valence-corrected chi connectivity index (χ0v) is 18.4. The molecule has 160 valence electrons. The maximum Gasteiger partial charge on any atom is 0.259 e. The third kappa shape index (κ3) is 2.86. The molecule has 0 bridgehead atoms. The van der Waals surface area contributed by atoms with E-state index in [1.807, 2.05) is 42.5 Å². The van der Waals surface area contributed by atoms with Crippen molar-refractivity contribution in [1.29, 1.82) is 0 Å². The first-order valence-electron chi connectivity index (χ1n) is 10.7. The van der Waals surface area contributed by atoms with Crippen LogP contribution in [-0.2, 0) is 0 Å². The monoisotopic (exact) mass is 458 g/mol. The van der Waals surface area contributed by atoms with E-state index in [-0.39, 0.29) is 23.0 Å². The molecule has 4 aromatic carbocycles. The van der Waals surface area contributed by atoms with Gasteiger partial charge in [-0.15, -0.1) is 0 Å². The van der Waals surface area contributed by atoms with Gasteiger partial charge in [-0.05, 0) is 39.7 Å². The van der Waals surface area contributed by atoms with Crippen LogP contribution in [0.4, 0.5) is 0 Å². The van der Waals surface area contributed by atoms with Gasteiger partial charge in [0.2, 0.25) is 5.89 Å². The van der Waals surface area contributed by atoms with Crippen molar-refractivity contribution in [2.45, 2.75) is 0 Å². The van der Waals surface area contributed by atoms with Crippen molar-refractivity contribution in [3.05, 3.63) is 101 Å². The Balaban J connectivity index is 1.25. The highest BCUT2D eigenvalue weighted by atomic mass is 32.1. The van der Waals surface area contributed by atoms with Crippen molar-refractivity contribution in [3.63, 3.8) is 0 Å². The number of carbonyl (C=O) groups is 2. The number of hydrogen-bond donors (Lipinski definition) is 0. The lowest BCUT2D eigenvalue weighted by molar-refractivity contribution is 0.0990. The normalized spacial score (nSPS) is 13.4. The smallest absolute Gasteiger partial charge is 0.259 e. The maximum absolute atomic E-state index is 13.0. The lowest BCUT2D eigenvalue weighted by atomic mass is 10.0. The molecule has 0 aliphatic heterocycles. The van der Waals surface area contributed by atoms with E-state index in [4.69, 9.17) is 4.42 Å². The van der Waals surface area contributed by atoms with Gasteiger partial charge < -0.3 is 4.42 Å². The summed E-state index contributed by atoms with van der Waals surface area (Å²) in [5, 5.41) is 4.95. The number of thiazole rings is 1. The first-order chi connectivity index (χ1) is 16.6.